The van der Waals surface area contributed by atoms with Crippen LogP contribution in [0.1, 0.15) is 24.6 Å². The van der Waals surface area contributed by atoms with Gasteiger partial charge in [0.1, 0.15) is 6.33 Å². The molecule has 0 saturated carbocycles. The maximum Gasteiger partial charge on any atom is 0.183 e. The van der Waals surface area contributed by atoms with Crippen LogP contribution in [-0.2, 0) is 0 Å². The monoisotopic (exact) mass is 376 g/mol. The minimum absolute atomic E-state index is 0.202. The number of anilines is 1. The van der Waals surface area contributed by atoms with Crippen molar-refractivity contribution in [1.82, 2.24) is 34.8 Å². The van der Waals surface area contributed by atoms with Crippen molar-refractivity contribution in [1.29, 1.82) is 0 Å². The number of aromatic nitrogens is 7. The summed E-state index contributed by atoms with van der Waals surface area (Å²) in [7, 11) is 0. The van der Waals surface area contributed by atoms with E-state index < -0.39 is 5.82 Å². The molecule has 5 heterocycles. The highest BCUT2D eigenvalue weighted by atomic mass is 19.1. The van der Waals surface area contributed by atoms with Crippen LogP contribution in [0.5, 0.6) is 0 Å². The van der Waals surface area contributed by atoms with Crippen LogP contribution in [0.2, 0.25) is 0 Å². The van der Waals surface area contributed by atoms with Gasteiger partial charge in [-0.15, -0.1) is 10.2 Å². The van der Waals surface area contributed by atoms with Gasteiger partial charge in [0.2, 0.25) is 0 Å². The molecular formula is C19H17FN8. The van der Waals surface area contributed by atoms with Gasteiger partial charge in [0.25, 0.3) is 0 Å². The fourth-order valence-electron chi connectivity index (χ4n) is 3.62. The molecule has 5 rings (SSSR count). The number of rotatable bonds is 3. The van der Waals surface area contributed by atoms with E-state index in [0.717, 1.165) is 29.9 Å². The Bertz CT molecular complexity index is 1110. The van der Waals surface area contributed by atoms with Gasteiger partial charge >= 0.3 is 0 Å². The smallest absolute Gasteiger partial charge is 0.183 e. The second-order valence-electron chi connectivity index (χ2n) is 6.74. The van der Waals surface area contributed by atoms with Crippen LogP contribution in [-0.4, -0.2) is 47.9 Å². The fourth-order valence-corrected chi connectivity index (χ4v) is 3.62. The van der Waals surface area contributed by atoms with E-state index in [9.17, 15) is 4.39 Å². The zero-order chi connectivity index (χ0) is 18.9. The third-order valence-corrected chi connectivity index (χ3v) is 5.05. The first-order chi connectivity index (χ1) is 13.8. The van der Waals surface area contributed by atoms with E-state index in [0.29, 0.717) is 24.6 Å². The Kier molecular flexibility index (Phi) is 4.12. The Labute approximate surface area is 160 Å². The normalized spacial score (nSPS) is 15.2. The lowest BCUT2D eigenvalue weighted by atomic mass is 9.96. The first-order valence-electron chi connectivity index (χ1n) is 9.13. The highest BCUT2D eigenvalue weighted by Crippen LogP contribution is 2.30. The molecule has 1 aliphatic heterocycles. The Morgan fingerprint density at radius 2 is 1.89 bits per heavy atom. The lowest BCUT2D eigenvalue weighted by Gasteiger charge is -2.31. The van der Waals surface area contributed by atoms with E-state index >= 15 is 0 Å². The molecule has 4 aromatic heterocycles. The molecule has 0 amide bonds. The van der Waals surface area contributed by atoms with Crippen LogP contribution >= 0.6 is 0 Å². The zero-order valence-corrected chi connectivity index (χ0v) is 15.0. The minimum atomic E-state index is -0.392. The fraction of sp³-hybridized carbons (Fsp3) is 0.263. The van der Waals surface area contributed by atoms with Crippen LogP contribution < -0.4 is 4.90 Å². The van der Waals surface area contributed by atoms with E-state index in [2.05, 4.69) is 25.1 Å². The molecule has 140 valence electrons. The standard InChI is InChI=1S/C19H17FN8/c20-15-11-22-12-23-19(15)27-8-5-13(6-9-27)18-25-24-17-4-3-16(26-28(17)18)14-2-1-7-21-10-14/h1-4,7,10-13H,5-6,8-9H2. The van der Waals surface area contributed by atoms with Crippen molar-refractivity contribution in [3.8, 4) is 11.3 Å². The van der Waals surface area contributed by atoms with Gasteiger partial charge in [-0.2, -0.15) is 9.61 Å². The van der Waals surface area contributed by atoms with Crippen molar-refractivity contribution in [2.24, 2.45) is 0 Å². The molecule has 8 nitrogen and oxygen atoms in total. The van der Waals surface area contributed by atoms with Crippen LogP contribution in [0, 0.1) is 5.82 Å². The SMILES string of the molecule is Fc1cncnc1N1CCC(c2nnc3ccc(-c4cccnc4)nn23)CC1. The van der Waals surface area contributed by atoms with Gasteiger partial charge in [-0.05, 0) is 37.1 Å². The summed E-state index contributed by atoms with van der Waals surface area (Å²) in [6.07, 6.45) is 7.74. The number of piperidine rings is 1. The Morgan fingerprint density at radius 3 is 2.68 bits per heavy atom. The van der Waals surface area contributed by atoms with E-state index in [4.69, 9.17) is 5.10 Å². The summed E-state index contributed by atoms with van der Waals surface area (Å²) in [4.78, 5) is 13.9. The molecule has 0 aromatic carbocycles. The average Bonchev–Trinajstić information content (AvgIpc) is 3.18. The van der Waals surface area contributed by atoms with Crippen molar-refractivity contribution in [2.45, 2.75) is 18.8 Å². The predicted octanol–water partition coefficient (Wildman–Crippen LogP) is 2.50. The van der Waals surface area contributed by atoms with Gasteiger partial charge in [0.05, 0.1) is 11.9 Å². The number of hydrogen-bond donors (Lipinski definition) is 0. The maximum atomic E-state index is 14.0. The first kappa shape index (κ1) is 16.7. The van der Waals surface area contributed by atoms with Gasteiger partial charge in [-0.3, -0.25) is 4.98 Å². The second-order valence-corrected chi connectivity index (χ2v) is 6.74. The first-order valence-corrected chi connectivity index (χ1v) is 9.13. The number of pyridine rings is 1. The van der Waals surface area contributed by atoms with Crippen LogP contribution in [0.4, 0.5) is 10.2 Å². The van der Waals surface area contributed by atoms with Crippen LogP contribution in [0.15, 0.2) is 49.2 Å². The molecule has 9 heteroatoms. The van der Waals surface area contributed by atoms with Gasteiger partial charge in [0.15, 0.2) is 23.1 Å². The minimum Gasteiger partial charge on any atom is -0.354 e. The van der Waals surface area contributed by atoms with Crippen LogP contribution in [0.3, 0.4) is 0 Å². The van der Waals surface area contributed by atoms with E-state index in [1.165, 1.54) is 12.5 Å². The Balaban J connectivity index is 1.40. The summed E-state index contributed by atoms with van der Waals surface area (Å²) in [5.41, 5.74) is 2.48. The molecule has 0 unspecified atom stereocenters. The lowest BCUT2D eigenvalue weighted by Crippen LogP contribution is -2.34. The zero-order valence-electron chi connectivity index (χ0n) is 15.0. The third-order valence-electron chi connectivity index (χ3n) is 5.05. The van der Waals surface area contributed by atoms with E-state index in [-0.39, 0.29) is 5.92 Å². The number of nitrogens with zero attached hydrogens (tertiary/aromatic N) is 8. The Morgan fingerprint density at radius 1 is 1.00 bits per heavy atom. The molecule has 0 radical (unpaired) electrons. The van der Waals surface area contributed by atoms with Gasteiger partial charge in [0, 0.05) is 37.0 Å². The molecule has 0 spiro atoms. The van der Waals surface area contributed by atoms with E-state index in [1.807, 2.05) is 33.7 Å². The van der Waals surface area contributed by atoms with Crippen molar-refractivity contribution < 1.29 is 4.39 Å². The summed E-state index contributed by atoms with van der Waals surface area (Å²) in [5.74, 6) is 1.00. The molecule has 0 aliphatic carbocycles. The molecule has 0 atom stereocenters. The highest BCUT2D eigenvalue weighted by molar-refractivity contribution is 5.58. The molecule has 0 N–H and O–H groups in total. The van der Waals surface area contributed by atoms with Gasteiger partial charge < -0.3 is 4.90 Å². The second kappa shape index (κ2) is 6.91. The number of halogens is 1. The van der Waals surface area contributed by atoms with Crippen LogP contribution in [0.25, 0.3) is 16.9 Å². The molecule has 0 bridgehead atoms. The van der Waals surface area contributed by atoms with Crippen molar-refractivity contribution in [3.63, 3.8) is 0 Å². The quantitative estimate of drug-likeness (QED) is 0.543. The topological polar surface area (TPSA) is 85.0 Å². The summed E-state index contributed by atoms with van der Waals surface area (Å²) >= 11 is 0. The predicted molar refractivity (Wildman–Crippen MR) is 100 cm³/mol. The van der Waals surface area contributed by atoms with Crippen molar-refractivity contribution in [2.75, 3.05) is 18.0 Å². The number of hydrogen-bond acceptors (Lipinski definition) is 7. The molecule has 1 fully saturated rings. The highest BCUT2D eigenvalue weighted by Gasteiger charge is 2.27. The van der Waals surface area contributed by atoms with Gasteiger partial charge in [-0.25, -0.2) is 14.4 Å². The summed E-state index contributed by atoms with van der Waals surface area (Å²) in [5, 5.41) is 13.4. The Hall–Kier alpha value is -3.49. The molecule has 1 aliphatic rings. The number of fused-ring (bicyclic) bond motifs is 1. The maximum absolute atomic E-state index is 14.0. The molecule has 1 saturated heterocycles. The summed E-state index contributed by atoms with van der Waals surface area (Å²) < 4.78 is 15.8. The van der Waals surface area contributed by atoms with E-state index in [1.54, 1.807) is 12.4 Å². The largest absolute Gasteiger partial charge is 0.354 e. The molecular weight excluding hydrogens is 359 g/mol. The molecule has 4 aromatic rings. The van der Waals surface area contributed by atoms with Crippen molar-refractivity contribution in [3.05, 3.63) is 60.8 Å². The average molecular weight is 376 g/mol. The van der Waals surface area contributed by atoms with Crippen molar-refractivity contribution >= 4 is 11.5 Å². The third kappa shape index (κ3) is 2.94. The summed E-state index contributed by atoms with van der Waals surface area (Å²) in [6, 6.07) is 7.69. The lowest BCUT2D eigenvalue weighted by molar-refractivity contribution is 0.468. The van der Waals surface area contributed by atoms with Gasteiger partial charge in [-0.1, -0.05) is 0 Å². The summed E-state index contributed by atoms with van der Waals surface area (Å²) in [6.45, 7) is 1.38. The molecule has 28 heavy (non-hydrogen) atoms.